The fourth-order valence-electron chi connectivity index (χ4n) is 1.38. The highest BCUT2D eigenvalue weighted by Gasteiger charge is 2.09. The summed E-state index contributed by atoms with van der Waals surface area (Å²) in [7, 11) is 1.56. The van der Waals surface area contributed by atoms with Crippen LogP contribution in [0, 0.1) is 6.92 Å². The third-order valence-corrected chi connectivity index (χ3v) is 2.28. The van der Waals surface area contributed by atoms with Gasteiger partial charge in [0.05, 0.1) is 37.0 Å². The number of methoxy groups -OCH3 is 1. The minimum Gasteiger partial charge on any atom is -0.481 e. The monoisotopic (exact) mass is 220 g/mol. The lowest BCUT2D eigenvalue weighted by atomic mass is 10.3. The largest absolute Gasteiger partial charge is 0.481 e. The number of aryl methyl sites for hydroxylation is 1. The summed E-state index contributed by atoms with van der Waals surface area (Å²) in [6.07, 6.45) is 1.62. The van der Waals surface area contributed by atoms with E-state index >= 15 is 0 Å². The van der Waals surface area contributed by atoms with Crippen molar-refractivity contribution in [2.45, 2.75) is 13.5 Å². The Balaban J connectivity index is 2.42. The molecule has 0 fully saturated rings. The molecular formula is C10H12N4O2. The SMILES string of the molecule is COc1ccc(-n2nnc(C)c2CO)cn1. The molecule has 6 heteroatoms. The van der Waals surface area contributed by atoms with Crippen LogP contribution in [0.5, 0.6) is 5.88 Å². The molecule has 0 unspecified atom stereocenters. The van der Waals surface area contributed by atoms with E-state index in [4.69, 9.17) is 4.74 Å². The maximum Gasteiger partial charge on any atom is 0.213 e. The Hall–Kier alpha value is -1.95. The first-order chi connectivity index (χ1) is 7.76. The molecule has 0 amide bonds. The lowest BCUT2D eigenvalue weighted by Gasteiger charge is -2.04. The zero-order valence-electron chi connectivity index (χ0n) is 9.08. The third-order valence-electron chi connectivity index (χ3n) is 2.28. The Labute approximate surface area is 92.5 Å². The summed E-state index contributed by atoms with van der Waals surface area (Å²) in [6.45, 7) is 1.69. The molecule has 0 aromatic carbocycles. The van der Waals surface area contributed by atoms with Crippen molar-refractivity contribution in [1.82, 2.24) is 20.0 Å². The minimum atomic E-state index is -0.106. The quantitative estimate of drug-likeness (QED) is 0.814. The van der Waals surface area contributed by atoms with Crippen LogP contribution in [0.2, 0.25) is 0 Å². The summed E-state index contributed by atoms with van der Waals surface area (Å²) in [4.78, 5) is 4.07. The van der Waals surface area contributed by atoms with Crippen molar-refractivity contribution in [2.24, 2.45) is 0 Å². The molecule has 2 rings (SSSR count). The molecule has 2 aromatic heterocycles. The molecule has 16 heavy (non-hydrogen) atoms. The van der Waals surface area contributed by atoms with Crippen LogP contribution in [0.25, 0.3) is 5.69 Å². The molecule has 0 spiro atoms. The smallest absolute Gasteiger partial charge is 0.213 e. The highest BCUT2D eigenvalue weighted by molar-refractivity contribution is 5.32. The van der Waals surface area contributed by atoms with E-state index in [1.165, 1.54) is 0 Å². The number of hydrogen-bond acceptors (Lipinski definition) is 5. The lowest BCUT2D eigenvalue weighted by Crippen LogP contribution is -2.03. The molecule has 0 atom stereocenters. The van der Waals surface area contributed by atoms with Gasteiger partial charge in [-0.2, -0.15) is 0 Å². The van der Waals surface area contributed by atoms with Crippen LogP contribution in [0.4, 0.5) is 0 Å². The number of nitrogens with zero attached hydrogens (tertiary/aromatic N) is 4. The van der Waals surface area contributed by atoms with Gasteiger partial charge in [-0.15, -0.1) is 5.10 Å². The fraction of sp³-hybridized carbons (Fsp3) is 0.300. The van der Waals surface area contributed by atoms with E-state index in [0.29, 0.717) is 17.3 Å². The molecule has 84 valence electrons. The van der Waals surface area contributed by atoms with E-state index in [-0.39, 0.29) is 6.61 Å². The molecule has 0 saturated heterocycles. The number of pyridine rings is 1. The van der Waals surface area contributed by atoms with Gasteiger partial charge in [-0.05, 0) is 13.0 Å². The minimum absolute atomic E-state index is 0.106. The van der Waals surface area contributed by atoms with Gasteiger partial charge < -0.3 is 9.84 Å². The highest BCUT2D eigenvalue weighted by Crippen LogP contribution is 2.14. The maximum atomic E-state index is 9.20. The number of ether oxygens (including phenoxy) is 1. The molecule has 6 nitrogen and oxygen atoms in total. The van der Waals surface area contributed by atoms with Crippen molar-refractivity contribution in [3.8, 4) is 11.6 Å². The summed E-state index contributed by atoms with van der Waals surface area (Å²) < 4.78 is 6.52. The number of hydrogen-bond donors (Lipinski definition) is 1. The first-order valence-electron chi connectivity index (χ1n) is 4.78. The van der Waals surface area contributed by atoms with Crippen LogP contribution in [-0.2, 0) is 6.61 Å². The summed E-state index contributed by atoms with van der Waals surface area (Å²) >= 11 is 0. The third kappa shape index (κ3) is 1.74. The Bertz CT molecular complexity index is 478. The highest BCUT2D eigenvalue weighted by atomic mass is 16.5. The Kier molecular flexibility index (Phi) is 2.82. The predicted octanol–water partition coefficient (Wildman–Crippen LogP) is 0.472. The van der Waals surface area contributed by atoms with Crippen molar-refractivity contribution in [1.29, 1.82) is 0 Å². The standard InChI is InChI=1S/C10H12N4O2/c1-7-9(6-15)14(13-12-7)8-3-4-10(16-2)11-5-8/h3-5,15H,6H2,1-2H3. The van der Waals surface area contributed by atoms with E-state index in [9.17, 15) is 5.11 Å². The number of aromatic nitrogens is 4. The van der Waals surface area contributed by atoms with Gasteiger partial charge in [0.1, 0.15) is 0 Å². The topological polar surface area (TPSA) is 73.1 Å². The van der Waals surface area contributed by atoms with Crippen molar-refractivity contribution in [3.63, 3.8) is 0 Å². The van der Waals surface area contributed by atoms with Gasteiger partial charge in [-0.25, -0.2) is 9.67 Å². The van der Waals surface area contributed by atoms with Crippen LogP contribution in [0.3, 0.4) is 0 Å². The summed E-state index contributed by atoms with van der Waals surface area (Å²) in [5, 5.41) is 17.0. The Morgan fingerprint density at radius 1 is 1.44 bits per heavy atom. The average molecular weight is 220 g/mol. The summed E-state index contributed by atoms with van der Waals surface area (Å²) in [5.74, 6) is 0.533. The molecule has 1 N–H and O–H groups in total. The second-order valence-corrected chi connectivity index (χ2v) is 3.25. The number of aliphatic hydroxyl groups is 1. The molecule has 2 heterocycles. The van der Waals surface area contributed by atoms with Crippen LogP contribution in [0.15, 0.2) is 18.3 Å². The van der Waals surface area contributed by atoms with E-state index in [1.54, 1.807) is 37.0 Å². The Morgan fingerprint density at radius 2 is 2.25 bits per heavy atom. The number of aliphatic hydroxyl groups excluding tert-OH is 1. The van der Waals surface area contributed by atoms with Gasteiger partial charge in [0, 0.05) is 6.07 Å². The van der Waals surface area contributed by atoms with E-state index in [0.717, 1.165) is 5.69 Å². The average Bonchev–Trinajstić information content (AvgIpc) is 2.70. The second kappa shape index (κ2) is 4.28. The van der Waals surface area contributed by atoms with Crippen molar-refractivity contribution in [3.05, 3.63) is 29.7 Å². The first kappa shape index (κ1) is 10.6. The van der Waals surface area contributed by atoms with Gasteiger partial charge >= 0.3 is 0 Å². The van der Waals surface area contributed by atoms with E-state index in [1.807, 2.05) is 0 Å². The molecule has 0 aliphatic carbocycles. The molecule has 0 bridgehead atoms. The van der Waals surface area contributed by atoms with Crippen molar-refractivity contribution >= 4 is 0 Å². The van der Waals surface area contributed by atoms with Crippen LogP contribution < -0.4 is 4.74 Å². The van der Waals surface area contributed by atoms with Crippen LogP contribution >= 0.6 is 0 Å². The number of rotatable bonds is 3. The van der Waals surface area contributed by atoms with Gasteiger partial charge in [0.2, 0.25) is 5.88 Å². The van der Waals surface area contributed by atoms with Gasteiger partial charge in [-0.3, -0.25) is 0 Å². The maximum absolute atomic E-state index is 9.20. The van der Waals surface area contributed by atoms with E-state index < -0.39 is 0 Å². The molecule has 0 radical (unpaired) electrons. The van der Waals surface area contributed by atoms with Gasteiger partial charge in [0.15, 0.2) is 0 Å². The first-order valence-corrected chi connectivity index (χ1v) is 4.78. The van der Waals surface area contributed by atoms with Gasteiger partial charge in [0.25, 0.3) is 0 Å². The Morgan fingerprint density at radius 3 is 2.81 bits per heavy atom. The van der Waals surface area contributed by atoms with E-state index in [2.05, 4.69) is 15.3 Å². The predicted molar refractivity (Wildman–Crippen MR) is 56.4 cm³/mol. The van der Waals surface area contributed by atoms with Gasteiger partial charge in [-0.1, -0.05) is 5.21 Å². The second-order valence-electron chi connectivity index (χ2n) is 3.25. The van der Waals surface area contributed by atoms with Crippen LogP contribution in [-0.4, -0.2) is 32.2 Å². The lowest BCUT2D eigenvalue weighted by molar-refractivity contribution is 0.272. The van der Waals surface area contributed by atoms with Crippen molar-refractivity contribution in [2.75, 3.05) is 7.11 Å². The van der Waals surface area contributed by atoms with Crippen molar-refractivity contribution < 1.29 is 9.84 Å². The fourth-order valence-corrected chi connectivity index (χ4v) is 1.38. The van der Waals surface area contributed by atoms with Crippen LogP contribution in [0.1, 0.15) is 11.4 Å². The molecule has 0 saturated carbocycles. The normalized spacial score (nSPS) is 10.4. The summed E-state index contributed by atoms with van der Waals surface area (Å²) in [5.41, 5.74) is 2.11. The molecular weight excluding hydrogens is 208 g/mol. The summed E-state index contributed by atoms with van der Waals surface area (Å²) in [6, 6.07) is 3.53. The molecule has 0 aliphatic rings. The molecule has 0 aliphatic heterocycles. The zero-order valence-corrected chi connectivity index (χ0v) is 9.08. The zero-order chi connectivity index (χ0) is 11.5. The molecule has 2 aromatic rings.